The summed E-state index contributed by atoms with van der Waals surface area (Å²) in [5.41, 5.74) is 3.17. The molecule has 1 aliphatic heterocycles. The third-order valence-electron chi connectivity index (χ3n) is 4.62. The van der Waals surface area contributed by atoms with E-state index in [1.54, 1.807) is 31.4 Å². The number of carbonyl (C=O) groups is 2. The first-order valence-electron chi connectivity index (χ1n) is 8.91. The maximum absolute atomic E-state index is 12.2. The number of carboxylic acids is 1. The lowest BCUT2D eigenvalue weighted by Crippen LogP contribution is -2.23. The largest absolute Gasteiger partial charge is 0.496 e. The Morgan fingerprint density at radius 1 is 1.26 bits per heavy atom. The van der Waals surface area contributed by atoms with E-state index in [-0.39, 0.29) is 17.6 Å². The molecule has 27 heavy (non-hydrogen) atoms. The molecule has 1 aliphatic rings. The van der Waals surface area contributed by atoms with Crippen LogP contribution in [0, 0.1) is 0 Å². The third kappa shape index (κ3) is 4.58. The van der Waals surface area contributed by atoms with Crippen molar-refractivity contribution in [1.82, 2.24) is 5.32 Å². The number of hydrogen-bond acceptors (Lipinski definition) is 4. The Bertz CT molecular complexity index is 844. The minimum atomic E-state index is -0.957. The number of carboxylic acid groups (broad SMARTS) is 1. The Morgan fingerprint density at radius 2 is 2.00 bits per heavy atom. The number of rotatable bonds is 7. The first kappa shape index (κ1) is 18.8. The normalized spacial score (nSPS) is 15.0. The molecule has 2 aromatic carbocycles. The molecule has 0 bridgehead atoms. The lowest BCUT2D eigenvalue weighted by Gasteiger charge is -2.12. The topological polar surface area (TPSA) is 84.9 Å². The van der Waals surface area contributed by atoms with Gasteiger partial charge in [0, 0.05) is 30.5 Å². The van der Waals surface area contributed by atoms with E-state index in [1.807, 2.05) is 19.1 Å². The maximum atomic E-state index is 12.2. The number of carbonyl (C=O) groups excluding carboxylic acids is 1. The summed E-state index contributed by atoms with van der Waals surface area (Å²) in [6.07, 6.45) is 1.89. The molecule has 142 valence electrons. The number of nitrogens with one attached hydrogen (secondary N) is 1. The molecule has 0 radical (unpaired) electrons. The number of benzene rings is 2. The minimum Gasteiger partial charge on any atom is -0.496 e. The van der Waals surface area contributed by atoms with Crippen LogP contribution in [0.15, 0.2) is 36.4 Å². The number of ether oxygens (including phenoxy) is 2. The van der Waals surface area contributed by atoms with Crippen LogP contribution in [0.5, 0.6) is 11.5 Å². The van der Waals surface area contributed by atoms with Gasteiger partial charge in [-0.15, -0.1) is 0 Å². The van der Waals surface area contributed by atoms with Gasteiger partial charge in [0.25, 0.3) is 0 Å². The number of aromatic carboxylic acids is 1. The Balaban J connectivity index is 1.55. The van der Waals surface area contributed by atoms with E-state index in [0.717, 1.165) is 34.6 Å². The van der Waals surface area contributed by atoms with Gasteiger partial charge in [0.1, 0.15) is 17.6 Å². The van der Waals surface area contributed by atoms with E-state index < -0.39 is 5.97 Å². The van der Waals surface area contributed by atoms with Gasteiger partial charge >= 0.3 is 5.97 Å². The van der Waals surface area contributed by atoms with Gasteiger partial charge < -0.3 is 19.9 Å². The molecular weight excluding hydrogens is 346 g/mol. The molecule has 0 aromatic heterocycles. The van der Waals surface area contributed by atoms with Crippen LogP contribution < -0.4 is 14.8 Å². The SMILES string of the molecule is COc1cc2c(cc1CNC(=O)CCc1ccc(C(=O)O)cc1)OC(C)C2. The second-order valence-electron chi connectivity index (χ2n) is 6.68. The zero-order valence-electron chi connectivity index (χ0n) is 15.5. The predicted molar refractivity (Wildman–Crippen MR) is 100 cm³/mol. The highest BCUT2D eigenvalue weighted by Gasteiger charge is 2.21. The van der Waals surface area contributed by atoms with Gasteiger partial charge in [0.2, 0.25) is 5.91 Å². The molecule has 2 aromatic rings. The lowest BCUT2D eigenvalue weighted by atomic mass is 10.1. The number of aryl methyl sites for hydroxylation is 1. The molecule has 0 fully saturated rings. The van der Waals surface area contributed by atoms with Crippen LogP contribution in [-0.2, 0) is 24.2 Å². The van der Waals surface area contributed by atoms with E-state index in [0.29, 0.717) is 19.4 Å². The monoisotopic (exact) mass is 369 g/mol. The number of hydrogen-bond donors (Lipinski definition) is 2. The van der Waals surface area contributed by atoms with Gasteiger partial charge in [0.05, 0.1) is 12.7 Å². The van der Waals surface area contributed by atoms with E-state index in [1.165, 1.54) is 0 Å². The van der Waals surface area contributed by atoms with E-state index in [4.69, 9.17) is 14.6 Å². The van der Waals surface area contributed by atoms with Crippen LogP contribution in [0.1, 0.15) is 40.4 Å². The van der Waals surface area contributed by atoms with Crippen molar-refractivity contribution in [1.29, 1.82) is 0 Å². The maximum Gasteiger partial charge on any atom is 0.335 e. The summed E-state index contributed by atoms with van der Waals surface area (Å²) in [5.74, 6) is 0.567. The Hall–Kier alpha value is -3.02. The number of methoxy groups -OCH3 is 1. The summed E-state index contributed by atoms with van der Waals surface area (Å²) in [6, 6.07) is 10.5. The molecule has 0 saturated carbocycles. The van der Waals surface area contributed by atoms with Gasteiger partial charge in [0.15, 0.2) is 0 Å². The van der Waals surface area contributed by atoms with Crippen LogP contribution >= 0.6 is 0 Å². The van der Waals surface area contributed by atoms with Gasteiger partial charge in [-0.25, -0.2) is 4.79 Å². The molecule has 1 atom stereocenters. The molecule has 2 N–H and O–H groups in total. The third-order valence-corrected chi connectivity index (χ3v) is 4.62. The molecule has 1 amide bonds. The Labute approximate surface area is 158 Å². The second-order valence-corrected chi connectivity index (χ2v) is 6.68. The molecule has 0 spiro atoms. The highest BCUT2D eigenvalue weighted by Crippen LogP contribution is 2.34. The number of fused-ring (bicyclic) bond motifs is 1. The van der Waals surface area contributed by atoms with Crippen LogP contribution in [0.25, 0.3) is 0 Å². The van der Waals surface area contributed by atoms with Crippen LogP contribution in [0.2, 0.25) is 0 Å². The predicted octanol–water partition coefficient (Wildman–Crippen LogP) is 2.97. The van der Waals surface area contributed by atoms with Crippen LogP contribution in [0.3, 0.4) is 0 Å². The summed E-state index contributed by atoms with van der Waals surface area (Å²) in [4.78, 5) is 23.0. The van der Waals surface area contributed by atoms with E-state index in [2.05, 4.69) is 5.32 Å². The Morgan fingerprint density at radius 3 is 2.67 bits per heavy atom. The molecule has 0 aliphatic carbocycles. The van der Waals surface area contributed by atoms with E-state index in [9.17, 15) is 9.59 Å². The van der Waals surface area contributed by atoms with Crippen molar-refractivity contribution >= 4 is 11.9 Å². The zero-order chi connectivity index (χ0) is 19.4. The van der Waals surface area contributed by atoms with Crippen molar-refractivity contribution in [3.05, 3.63) is 58.7 Å². The fraction of sp³-hybridized carbons (Fsp3) is 0.333. The summed E-state index contributed by atoms with van der Waals surface area (Å²) in [7, 11) is 1.62. The second kappa shape index (κ2) is 8.12. The first-order valence-corrected chi connectivity index (χ1v) is 8.91. The minimum absolute atomic E-state index is 0.0749. The quantitative estimate of drug-likeness (QED) is 0.784. The van der Waals surface area contributed by atoms with Crippen molar-refractivity contribution in [3.63, 3.8) is 0 Å². The van der Waals surface area contributed by atoms with Crippen LogP contribution in [-0.4, -0.2) is 30.2 Å². The van der Waals surface area contributed by atoms with Crippen LogP contribution in [0.4, 0.5) is 0 Å². The molecule has 1 unspecified atom stereocenters. The molecule has 1 heterocycles. The van der Waals surface area contributed by atoms with Crippen molar-refractivity contribution in [2.45, 2.75) is 38.8 Å². The highest BCUT2D eigenvalue weighted by atomic mass is 16.5. The average Bonchev–Trinajstić information content (AvgIpc) is 3.02. The van der Waals surface area contributed by atoms with Crippen molar-refractivity contribution in [2.75, 3.05) is 7.11 Å². The zero-order valence-corrected chi connectivity index (χ0v) is 15.5. The molecular formula is C21H23NO5. The number of amides is 1. The molecule has 6 nitrogen and oxygen atoms in total. The summed E-state index contributed by atoms with van der Waals surface area (Å²) in [5, 5.41) is 11.8. The Kier molecular flexibility index (Phi) is 5.64. The van der Waals surface area contributed by atoms with Crippen molar-refractivity contribution in [2.24, 2.45) is 0 Å². The summed E-state index contributed by atoms with van der Waals surface area (Å²) < 4.78 is 11.2. The molecule has 6 heteroatoms. The van der Waals surface area contributed by atoms with Gasteiger partial charge in [-0.1, -0.05) is 12.1 Å². The fourth-order valence-corrected chi connectivity index (χ4v) is 3.16. The first-order chi connectivity index (χ1) is 13.0. The van der Waals surface area contributed by atoms with E-state index >= 15 is 0 Å². The average molecular weight is 369 g/mol. The fourth-order valence-electron chi connectivity index (χ4n) is 3.16. The van der Waals surface area contributed by atoms with Gasteiger partial charge in [-0.2, -0.15) is 0 Å². The van der Waals surface area contributed by atoms with Gasteiger partial charge in [-0.3, -0.25) is 4.79 Å². The highest BCUT2D eigenvalue weighted by molar-refractivity contribution is 5.87. The standard InChI is InChI=1S/C21H23NO5/c1-13-9-16-10-18(26-2)17(11-19(16)27-13)12-22-20(23)8-5-14-3-6-15(7-4-14)21(24)25/h3-4,6-7,10-11,13H,5,8-9,12H2,1-2H3,(H,22,23)(H,24,25). The van der Waals surface area contributed by atoms with Crippen molar-refractivity contribution < 1.29 is 24.2 Å². The van der Waals surface area contributed by atoms with Crippen molar-refractivity contribution in [3.8, 4) is 11.5 Å². The summed E-state index contributed by atoms with van der Waals surface area (Å²) >= 11 is 0. The van der Waals surface area contributed by atoms with Gasteiger partial charge in [-0.05, 0) is 43.2 Å². The molecule has 3 rings (SSSR count). The summed E-state index contributed by atoms with van der Waals surface area (Å²) in [6.45, 7) is 2.39. The molecule has 0 saturated heterocycles. The smallest absolute Gasteiger partial charge is 0.335 e. The lowest BCUT2D eigenvalue weighted by molar-refractivity contribution is -0.121.